The van der Waals surface area contributed by atoms with Gasteiger partial charge in [-0.2, -0.15) is 0 Å². The zero-order valence-electron chi connectivity index (χ0n) is 12.4. The summed E-state index contributed by atoms with van der Waals surface area (Å²) in [5.41, 5.74) is 5.77. The maximum absolute atomic E-state index is 2.56. The molecule has 0 nitrogen and oxygen atoms in total. The SMILES string of the molecule is CCc1ccc([C@H](I)c2cccc(CI(C)C)c2)cc1. The molecule has 1 atom stereocenters. The van der Waals surface area contributed by atoms with Crippen LogP contribution in [0.15, 0.2) is 48.5 Å². The van der Waals surface area contributed by atoms with Crippen molar-refractivity contribution in [2.75, 3.05) is 9.86 Å². The molecule has 0 saturated carbocycles. The van der Waals surface area contributed by atoms with Crippen LogP contribution in [0.25, 0.3) is 0 Å². The molecular formula is C18H22I2. The van der Waals surface area contributed by atoms with Gasteiger partial charge in [0, 0.05) is 0 Å². The fraction of sp³-hybridized carbons (Fsp3) is 0.333. The first-order chi connectivity index (χ1) is 9.60. The third-order valence-electron chi connectivity index (χ3n) is 3.35. The first kappa shape index (κ1) is 16.3. The van der Waals surface area contributed by atoms with Gasteiger partial charge in [-0.05, 0) is 0 Å². The van der Waals surface area contributed by atoms with E-state index in [1.54, 1.807) is 0 Å². The van der Waals surface area contributed by atoms with E-state index in [2.05, 4.69) is 87.9 Å². The van der Waals surface area contributed by atoms with E-state index in [1.807, 2.05) is 0 Å². The molecule has 0 aromatic heterocycles. The third-order valence-corrected chi connectivity index (χ3v) is 7.19. The van der Waals surface area contributed by atoms with Gasteiger partial charge in [0.25, 0.3) is 0 Å². The van der Waals surface area contributed by atoms with Crippen molar-refractivity contribution in [1.29, 1.82) is 0 Å². The Morgan fingerprint density at radius 1 is 0.950 bits per heavy atom. The number of rotatable bonds is 5. The van der Waals surface area contributed by atoms with Gasteiger partial charge >= 0.3 is 145 Å². The second-order valence-electron chi connectivity index (χ2n) is 5.25. The Morgan fingerprint density at radius 2 is 1.65 bits per heavy atom. The minimum absolute atomic E-state index is 0.453. The van der Waals surface area contributed by atoms with E-state index < -0.39 is 19.8 Å². The molecule has 0 saturated heterocycles. The fourth-order valence-electron chi connectivity index (χ4n) is 2.26. The molecule has 0 spiro atoms. The van der Waals surface area contributed by atoms with Crippen LogP contribution in [0.4, 0.5) is 0 Å². The van der Waals surface area contributed by atoms with Gasteiger partial charge in [-0.1, -0.05) is 0 Å². The van der Waals surface area contributed by atoms with E-state index in [4.69, 9.17) is 0 Å². The van der Waals surface area contributed by atoms with Crippen molar-refractivity contribution in [1.82, 2.24) is 0 Å². The van der Waals surface area contributed by atoms with E-state index in [0.717, 1.165) is 6.42 Å². The second kappa shape index (κ2) is 7.78. The predicted octanol–water partition coefficient (Wildman–Crippen LogP) is 6.04. The first-order valence-corrected chi connectivity index (χ1v) is 14.0. The molecule has 0 bridgehead atoms. The van der Waals surface area contributed by atoms with Crippen LogP contribution < -0.4 is 0 Å². The van der Waals surface area contributed by atoms with E-state index >= 15 is 0 Å². The topological polar surface area (TPSA) is 0 Å². The fourth-order valence-corrected chi connectivity index (χ4v) is 5.30. The van der Waals surface area contributed by atoms with Gasteiger partial charge in [0.1, 0.15) is 0 Å². The van der Waals surface area contributed by atoms with Crippen LogP contribution in [0.5, 0.6) is 0 Å². The molecule has 20 heavy (non-hydrogen) atoms. The van der Waals surface area contributed by atoms with Gasteiger partial charge in [0.15, 0.2) is 0 Å². The van der Waals surface area contributed by atoms with Crippen molar-refractivity contribution in [3.05, 3.63) is 70.8 Å². The summed E-state index contributed by atoms with van der Waals surface area (Å²) in [5.74, 6) is 0. The van der Waals surface area contributed by atoms with E-state index in [9.17, 15) is 0 Å². The van der Waals surface area contributed by atoms with Crippen molar-refractivity contribution in [2.24, 2.45) is 0 Å². The molecule has 0 aliphatic rings. The molecule has 108 valence electrons. The summed E-state index contributed by atoms with van der Waals surface area (Å²) in [6.45, 7) is 2.20. The molecule has 0 unspecified atom stereocenters. The van der Waals surface area contributed by atoms with Crippen LogP contribution in [0.2, 0.25) is 0 Å². The molecule has 0 aliphatic carbocycles. The number of benzene rings is 2. The standard InChI is InChI=1S/C18H22I2/c1-4-14-8-10-16(11-9-14)18(19)17-7-5-6-15(12-17)13-20(2)3/h5-12,18H,4,13H2,1-3H3/t18-/m0/s1. The van der Waals surface area contributed by atoms with Crippen LogP contribution in [0.1, 0.15) is 33.1 Å². The van der Waals surface area contributed by atoms with Crippen LogP contribution in [-0.4, -0.2) is 9.86 Å². The molecule has 0 amide bonds. The zero-order chi connectivity index (χ0) is 14.5. The first-order valence-electron chi connectivity index (χ1n) is 6.88. The van der Waals surface area contributed by atoms with Crippen LogP contribution in [0, 0.1) is 0 Å². The van der Waals surface area contributed by atoms with Crippen molar-refractivity contribution < 1.29 is 0 Å². The van der Waals surface area contributed by atoms with Gasteiger partial charge in [-0.3, -0.25) is 0 Å². The second-order valence-corrected chi connectivity index (χ2v) is 12.5. The van der Waals surface area contributed by atoms with E-state index in [0.29, 0.717) is 3.92 Å². The molecule has 0 N–H and O–H groups in total. The Kier molecular flexibility index (Phi) is 6.33. The normalized spacial score (nSPS) is 13.1. The Balaban J connectivity index is 2.20. The summed E-state index contributed by atoms with van der Waals surface area (Å²) >= 11 is 1.86. The van der Waals surface area contributed by atoms with Crippen LogP contribution in [-0.2, 0) is 10.8 Å². The number of halogens is 2. The van der Waals surface area contributed by atoms with Crippen molar-refractivity contribution in [3.63, 3.8) is 0 Å². The molecule has 0 aliphatic heterocycles. The Labute approximate surface area is 143 Å². The molecular weight excluding hydrogens is 470 g/mol. The number of alkyl halides is 4. The molecule has 2 aromatic carbocycles. The average molecular weight is 492 g/mol. The summed E-state index contributed by atoms with van der Waals surface area (Å²) in [6, 6.07) is 18.2. The van der Waals surface area contributed by atoms with Gasteiger partial charge < -0.3 is 0 Å². The summed E-state index contributed by atoms with van der Waals surface area (Å²) in [4.78, 5) is 4.86. The van der Waals surface area contributed by atoms with Gasteiger partial charge in [0.2, 0.25) is 0 Å². The molecule has 2 aromatic rings. The van der Waals surface area contributed by atoms with Crippen LogP contribution in [0.3, 0.4) is 0 Å². The number of hydrogen-bond donors (Lipinski definition) is 0. The van der Waals surface area contributed by atoms with Crippen LogP contribution >= 0.6 is 42.4 Å². The zero-order valence-corrected chi connectivity index (χ0v) is 16.7. The number of aryl methyl sites for hydroxylation is 1. The van der Waals surface area contributed by atoms with Gasteiger partial charge in [0.05, 0.1) is 0 Å². The molecule has 0 heterocycles. The summed E-state index contributed by atoms with van der Waals surface area (Å²) < 4.78 is 1.77. The number of hydrogen-bond acceptors (Lipinski definition) is 0. The molecule has 0 fully saturated rings. The Morgan fingerprint density at radius 3 is 2.25 bits per heavy atom. The summed E-state index contributed by atoms with van der Waals surface area (Å²) in [6.07, 6.45) is 1.11. The Bertz CT molecular complexity index is 544. The van der Waals surface area contributed by atoms with E-state index in [-0.39, 0.29) is 0 Å². The maximum atomic E-state index is 2.56. The van der Waals surface area contributed by atoms with Gasteiger partial charge in [-0.25, -0.2) is 0 Å². The van der Waals surface area contributed by atoms with Crippen molar-refractivity contribution >= 4 is 42.4 Å². The summed E-state index contributed by atoms with van der Waals surface area (Å²) in [5, 5.41) is 0. The summed E-state index contributed by atoms with van der Waals surface area (Å²) in [7, 11) is 0. The van der Waals surface area contributed by atoms with Gasteiger partial charge in [-0.15, -0.1) is 0 Å². The molecule has 2 rings (SSSR count). The quantitative estimate of drug-likeness (QED) is 0.353. The van der Waals surface area contributed by atoms with Crippen molar-refractivity contribution in [3.8, 4) is 0 Å². The van der Waals surface area contributed by atoms with E-state index in [1.165, 1.54) is 26.7 Å². The molecule has 0 radical (unpaired) electrons. The monoisotopic (exact) mass is 492 g/mol. The Hall–Kier alpha value is -0.100. The third kappa shape index (κ3) is 4.45. The predicted molar refractivity (Wildman–Crippen MR) is 108 cm³/mol. The minimum atomic E-state index is -0.696. The molecule has 2 heteroatoms. The van der Waals surface area contributed by atoms with Crippen molar-refractivity contribution in [2.45, 2.75) is 21.7 Å². The average Bonchev–Trinajstić information content (AvgIpc) is 2.46.